The van der Waals surface area contributed by atoms with Gasteiger partial charge in [-0.2, -0.15) is 0 Å². The smallest absolute Gasteiger partial charge is 0.248 e. The van der Waals surface area contributed by atoms with E-state index in [1.165, 1.54) is 6.08 Å². The summed E-state index contributed by atoms with van der Waals surface area (Å²) in [5.74, 6) is -0.184. The first kappa shape index (κ1) is 11.9. The number of nitrogen functional groups attached to an aromatic ring is 1. The highest BCUT2D eigenvalue weighted by atomic mass is 16.1. The van der Waals surface area contributed by atoms with Crippen LogP contribution in [0.2, 0.25) is 0 Å². The normalized spacial score (nSPS) is 10.4. The lowest BCUT2D eigenvalue weighted by molar-refractivity contribution is -0.111. The van der Waals surface area contributed by atoms with Gasteiger partial charge in [0.25, 0.3) is 0 Å². The van der Waals surface area contributed by atoms with Gasteiger partial charge < -0.3 is 11.1 Å². The zero-order valence-electron chi connectivity index (χ0n) is 9.71. The molecule has 1 aromatic carbocycles. The third kappa shape index (κ3) is 3.45. The molecule has 0 radical (unpaired) electrons. The number of nitrogens with zero attached hydrogens (tertiary/aromatic N) is 1. The van der Waals surface area contributed by atoms with Gasteiger partial charge in [0, 0.05) is 29.8 Å². The summed E-state index contributed by atoms with van der Waals surface area (Å²) in [7, 11) is 0. The first-order chi connectivity index (χ1) is 8.74. The van der Waals surface area contributed by atoms with E-state index in [0.717, 1.165) is 5.56 Å². The molecule has 0 aliphatic heterocycles. The van der Waals surface area contributed by atoms with Crippen molar-refractivity contribution in [2.45, 2.75) is 0 Å². The Kier molecular flexibility index (Phi) is 3.71. The number of carbonyl (C=O) groups excluding carboxylic acids is 1. The topological polar surface area (TPSA) is 68.0 Å². The average molecular weight is 239 g/mol. The summed E-state index contributed by atoms with van der Waals surface area (Å²) in [4.78, 5) is 15.5. The Morgan fingerprint density at radius 1 is 1.11 bits per heavy atom. The van der Waals surface area contributed by atoms with Gasteiger partial charge in [-0.3, -0.25) is 9.78 Å². The Labute approximate surface area is 105 Å². The fourth-order valence-corrected chi connectivity index (χ4v) is 1.40. The predicted molar refractivity (Wildman–Crippen MR) is 72.8 cm³/mol. The average Bonchev–Trinajstić information content (AvgIpc) is 2.40. The van der Waals surface area contributed by atoms with E-state index in [4.69, 9.17) is 5.73 Å². The largest absolute Gasteiger partial charge is 0.399 e. The Balaban J connectivity index is 1.97. The monoisotopic (exact) mass is 239 g/mol. The highest BCUT2D eigenvalue weighted by Crippen LogP contribution is 2.10. The summed E-state index contributed by atoms with van der Waals surface area (Å²) >= 11 is 0. The van der Waals surface area contributed by atoms with E-state index in [1.807, 2.05) is 12.1 Å². The molecule has 0 aliphatic rings. The van der Waals surface area contributed by atoms with Gasteiger partial charge in [-0.15, -0.1) is 0 Å². The van der Waals surface area contributed by atoms with Crippen molar-refractivity contribution in [3.8, 4) is 0 Å². The zero-order valence-corrected chi connectivity index (χ0v) is 9.71. The third-order valence-corrected chi connectivity index (χ3v) is 2.31. The number of nitrogens with two attached hydrogens (primary N) is 1. The molecule has 0 atom stereocenters. The summed E-state index contributed by atoms with van der Waals surface area (Å²) in [6.45, 7) is 0. The first-order valence-electron chi connectivity index (χ1n) is 5.49. The van der Waals surface area contributed by atoms with Gasteiger partial charge >= 0.3 is 0 Å². The van der Waals surface area contributed by atoms with Crippen molar-refractivity contribution in [2.24, 2.45) is 0 Å². The Morgan fingerprint density at radius 2 is 1.78 bits per heavy atom. The van der Waals surface area contributed by atoms with Crippen LogP contribution >= 0.6 is 0 Å². The van der Waals surface area contributed by atoms with Crippen LogP contribution in [0.1, 0.15) is 5.56 Å². The second-order valence-electron chi connectivity index (χ2n) is 3.73. The van der Waals surface area contributed by atoms with Crippen molar-refractivity contribution in [1.29, 1.82) is 0 Å². The highest BCUT2D eigenvalue weighted by molar-refractivity contribution is 6.01. The van der Waals surface area contributed by atoms with Crippen LogP contribution in [0.25, 0.3) is 6.08 Å². The molecule has 0 fully saturated rings. The Morgan fingerprint density at radius 3 is 2.44 bits per heavy atom. The number of aromatic nitrogens is 1. The molecule has 0 bridgehead atoms. The summed E-state index contributed by atoms with van der Waals surface area (Å²) in [6, 6.07) is 10.6. The van der Waals surface area contributed by atoms with Gasteiger partial charge in [-0.25, -0.2) is 0 Å². The van der Waals surface area contributed by atoms with Crippen molar-refractivity contribution in [3.63, 3.8) is 0 Å². The lowest BCUT2D eigenvalue weighted by atomic mass is 10.2. The second kappa shape index (κ2) is 5.63. The van der Waals surface area contributed by atoms with E-state index < -0.39 is 0 Å². The third-order valence-electron chi connectivity index (χ3n) is 2.31. The standard InChI is InChI=1S/C14H13N3O/c15-12-2-4-13(5-3-12)17-14(18)6-1-11-7-9-16-10-8-11/h1-10H,15H2,(H,17,18)/b6-1+. The molecule has 4 heteroatoms. The number of carbonyl (C=O) groups is 1. The molecule has 1 aromatic heterocycles. The molecule has 90 valence electrons. The number of pyridine rings is 1. The van der Waals surface area contributed by atoms with Crippen molar-refractivity contribution in [1.82, 2.24) is 4.98 Å². The number of hydrogen-bond donors (Lipinski definition) is 2. The molecule has 0 unspecified atom stereocenters. The van der Waals surface area contributed by atoms with Crippen LogP contribution in [-0.4, -0.2) is 10.9 Å². The molecule has 1 amide bonds. The second-order valence-corrected chi connectivity index (χ2v) is 3.73. The Bertz CT molecular complexity index is 547. The maximum absolute atomic E-state index is 11.6. The van der Waals surface area contributed by atoms with Gasteiger partial charge in [-0.1, -0.05) is 0 Å². The van der Waals surface area contributed by atoms with E-state index in [2.05, 4.69) is 10.3 Å². The van der Waals surface area contributed by atoms with E-state index in [-0.39, 0.29) is 5.91 Å². The van der Waals surface area contributed by atoms with E-state index in [0.29, 0.717) is 11.4 Å². The van der Waals surface area contributed by atoms with Gasteiger partial charge in [0.05, 0.1) is 0 Å². The van der Waals surface area contributed by atoms with Crippen LogP contribution in [-0.2, 0) is 4.79 Å². The molecule has 3 N–H and O–H groups in total. The fraction of sp³-hybridized carbons (Fsp3) is 0. The van der Waals surface area contributed by atoms with Crippen molar-refractivity contribution in [3.05, 3.63) is 60.4 Å². The van der Waals surface area contributed by atoms with E-state index >= 15 is 0 Å². The van der Waals surface area contributed by atoms with Crippen LogP contribution < -0.4 is 11.1 Å². The SMILES string of the molecule is Nc1ccc(NC(=O)/C=C/c2ccncc2)cc1. The van der Waals surface area contributed by atoms with Crippen molar-refractivity contribution < 1.29 is 4.79 Å². The van der Waals surface area contributed by atoms with Gasteiger partial charge in [0.1, 0.15) is 0 Å². The van der Waals surface area contributed by atoms with Crippen LogP contribution in [0.5, 0.6) is 0 Å². The molecule has 0 saturated heterocycles. The molecular weight excluding hydrogens is 226 g/mol. The molecular formula is C14H13N3O. The fourth-order valence-electron chi connectivity index (χ4n) is 1.40. The lowest BCUT2D eigenvalue weighted by Crippen LogP contribution is -2.07. The predicted octanol–water partition coefficient (Wildman–Crippen LogP) is 2.32. The van der Waals surface area contributed by atoms with Crippen LogP contribution in [0.15, 0.2) is 54.9 Å². The number of anilines is 2. The minimum absolute atomic E-state index is 0.184. The molecule has 2 rings (SSSR count). The number of amides is 1. The molecule has 18 heavy (non-hydrogen) atoms. The minimum atomic E-state index is -0.184. The van der Waals surface area contributed by atoms with Crippen LogP contribution in [0, 0.1) is 0 Å². The molecule has 2 aromatic rings. The van der Waals surface area contributed by atoms with Gasteiger partial charge in [-0.05, 0) is 48.0 Å². The number of rotatable bonds is 3. The molecule has 0 saturated carbocycles. The zero-order chi connectivity index (χ0) is 12.8. The van der Waals surface area contributed by atoms with Crippen molar-refractivity contribution in [2.75, 3.05) is 11.1 Å². The van der Waals surface area contributed by atoms with E-state index in [1.54, 1.807) is 42.7 Å². The number of hydrogen-bond acceptors (Lipinski definition) is 3. The quantitative estimate of drug-likeness (QED) is 0.638. The summed E-state index contributed by atoms with van der Waals surface area (Å²) < 4.78 is 0. The summed E-state index contributed by atoms with van der Waals surface area (Å²) in [6.07, 6.45) is 6.56. The highest BCUT2D eigenvalue weighted by Gasteiger charge is 1.97. The molecule has 0 aliphatic carbocycles. The molecule has 1 heterocycles. The summed E-state index contributed by atoms with van der Waals surface area (Å²) in [5, 5.41) is 2.74. The van der Waals surface area contributed by atoms with Crippen LogP contribution in [0.4, 0.5) is 11.4 Å². The molecule has 4 nitrogen and oxygen atoms in total. The Hall–Kier alpha value is -2.62. The first-order valence-corrected chi connectivity index (χ1v) is 5.49. The maximum Gasteiger partial charge on any atom is 0.248 e. The number of nitrogens with one attached hydrogen (secondary N) is 1. The van der Waals surface area contributed by atoms with Gasteiger partial charge in [0.15, 0.2) is 0 Å². The van der Waals surface area contributed by atoms with E-state index in [9.17, 15) is 4.79 Å². The van der Waals surface area contributed by atoms with Crippen molar-refractivity contribution >= 4 is 23.4 Å². The minimum Gasteiger partial charge on any atom is -0.399 e. The summed E-state index contributed by atoms with van der Waals surface area (Å²) in [5.41, 5.74) is 7.87. The van der Waals surface area contributed by atoms with Gasteiger partial charge in [0.2, 0.25) is 5.91 Å². The van der Waals surface area contributed by atoms with Crippen LogP contribution in [0.3, 0.4) is 0 Å². The maximum atomic E-state index is 11.6. The lowest BCUT2D eigenvalue weighted by Gasteiger charge is -2.01. The number of benzene rings is 1. The molecule has 0 spiro atoms.